The van der Waals surface area contributed by atoms with Crippen LogP contribution in [0, 0.1) is 24.0 Å². The van der Waals surface area contributed by atoms with Crippen LogP contribution in [0.2, 0.25) is 5.02 Å². The monoisotopic (exact) mass is 442 g/mol. The number of rotatable bonds is 2. The Balaban J connectivity index is 1.90. The fourth-order valence-electron chi connectivity index (χ4n) is 4.71. The van der Waals surface area contributed by atoms with Gasteiger partial charge in [-0.1, -0.05) is 36.2 Å². The fourth-order valence-corrected chi connectivity index (χ4v) is 6.19. The molecule has 0 spiro atoms. The Hall–Kier alpha value is -2.44. The van der Waals surface area contributed by atoms with Gasteiger partial charge in [0.2, 0.25) is 0 Å². The number of hydrogen-bond donors (Lipinski definition) is 0. The lowest BCUT2D eigenvalue weighted by molar-refractivity contribution is -0.384. The van der Waals surface area contributed by atoms with Gasteiger partial charge in [-0.25, -0.2) is 0 Å². The molecule has 3 aromatic rings. The normalized spacial score (nSPS) is 17.8. The Morgan fingerprint density at radius 3 is 2.63 bits per heavy atom. The number of carbonyl (C=O) groups excluding carboxylic acids is 1. The minimum atomic E-state index is -0.439. The second-order valence-electron chi connectivity index (χ2n) is 8.76. The molecule has 0 aliphatic carbocycles. The molecule has 2 aromatic carbocycles. The molecule has 0 N–H and O–H groups in total. The summed E-state index contributed by atoms with van der Waals surface area (Å²) >= 11 is 7.82. The molecule has 7 heteroatoms. The van der Waals surface area contributed by atoms with Crippen molar-refractivity contribution < 1.29 is 9.72 Å². The molecule has 0 fully saturated rings. The highest BCUT2D eigenvalue weighted by molar-refractivity contribution is 7.21. The van der Waals surface area contributed by atoms with E-state index in [-0.39, 0.29) is 11.6 Å². The molecule has 1 aliphatic heterocycles. The van der Waals surface area contributed by atoms with Gasteiger partial charge in [0.1, 0.15) is 4.88 Å². The first-order valence-electron chi connectivity index (χ1n) is 9.83. The third-order valence-electron chi connectivity index (χ3n) is 5.86. The summed E-state index contributed by atoms with van der Waals surface area (Å²) in [5.41, 5.74) is 3.96. The fraction of sp³-hybridized carbons (Fsp3) is 0.348. The molecule has 30 heavy (non-hydrogen) atoms. The summed E-state index contributed by atoms with van der Waals surface area (Å²) in [7, 11) is 0. The molecule has 1 amide bonds. The van der Waals surface area contributed by atoms with Gasteiger partial charge in [-0.3, -0.25) is 14.9 Å². The quantitative estimate of drug-likeness (QED) is 0.316. The van der Waals surface area contributed by atoms with Crippen LogP contribution in [-0.2, 0) is 0 Å². The molecular formula is C23H23ClN2O3S. The van der Waals surface area contributed by atoms with Gasteiger partial charge in [-0.15, -0.1) is 11.3 Å². The van der Waals surface area contributed by atoms with Gasteiger partial charge in [0.25, 0.3) is 11.6 Å². The van der Waals surface area contributed by atoms with Gasteiger partial charge in [0, 0.05) is 27.8 Å². The summed E-state index contributed by atoms with van der Waals surface area (Å²) in [4.78, 5) is 26.8. The maximum absolute atomic E-state index is 13.8. The predicted molar refractivity (Wildman–Crippen MR) is 123 cm³/mol. The lowest BCUT2D eigenvalue weighted by atomic mass is 9.78. The number of fused-ring (bicyclic) bond motifs is 2. The number of hydrogen-bond acceptors (Lipinski definition) is 4. The minimum Gasteiger partial charge on any atom is -0.301 e. The van der Waals surface area contributed by atoms with E-state index in [0.29, 0.717) is 25.9 Å². The van der Waals surface area contributed by atoms with Crippen molar-refractivity contribution in [3.63, 3.8) is 0 Å². The van der Waals surface area contributed by atoms with E-state index in [0.717, 1.165) is 17.7 Å². The van der Waals surface area contributed by atoms with Gasteiger partial charge >= 0.3 is 0 Å². The summed E-state index contributed by atoms with van der Waals surface area (Å²) < 4.78 is 0.640. The molecule has 4 rings (SSSR count). The van der Waals surface area contributed by atoms with Gasteiger partial charge in [-0.2, -0.15) is 0 Å². The number of nitrogens with zero attached hydrogens (tertiary/aromatic N) is 2. The number of halogens is 1. The lowest BCUT2D eigenvalue weighted by Crippen LogP contribution is -2.52. The molecular weight excluding hydrogens is 420 g/mol. The molecule has 0 unspecified atom stereocenters. The molecule has 156 valence electrons. The Labute approximate surface area is 184 Å². The van der Waals surface area contributed by atoms with Crippen LogP contribution in [0.3, 0.4) is 0 Å². The van der Waals surface area contributed by atoms with Crippen molar-refractivity contribution in [1.29, 1.82) is 0 Å². The first-order valence-corrected chi connectivity index (χ1v) is 11.0. The Kier molecular flexibility index (Phi) is 4.90. The second-order valence-corrected chi connectivity index (χ2v) is 10.2. The lowest BCUT2D eigenvalue weighted by Gasteiger charge is -2.46. The van der Waals surface area contributed by atoms with Crippen molar-refractivity contribution in [2.75, 3.05) is 4.90 Å². The summed E-state index contributed by atoms with van der Waals surface area (Å²) in [5, 5.41) is 12.2. The highest BCUT2D eigenvalue weighted by atomic mass is 35.5. The average molecular weight is 443 g/mol. The number of carbonyl (C=O) groups is 1. The smallest absolute Gasteiger partial charge is 0.270 e. The standard InChI is InChI=1S/C23H23ClN2O3S/c1-12-8-13(2)20-17(9-12)14(3)11-23(4,5)25(20)22(27)21-19(24)16-7-6-15(26(28)29)10-18(16)30-21/h6-10,14H,11H2,1-5H3/t14-/m0/s1. The van der Waals surface area contributed by atoms with Gasteiger partial charge < -0.3 is 4.90 Å². The third-order valence-corrected chi connectivity index (χ3v) is 7.51. The minimum absolute atomic E-state index is 0.0109. The van der Waals surface area contributed by atoms with Crippen molar-refractivity contribution in [3.8, 4) is 0 Å². The Bertz CT molecular complexity index is 1210. The number of non-ortho nitro benzene ring substituents is 1. The molecule has 0 saturated heterocycles. The van der Waals surface area contributed by atoms with E-state index < -0.39 is 10.5 Å². The molecule has 5 nitrogen and oxygen atoms in total. The number of nitro benzene ring substituents is 1. The Morgan fingerprint density at radius 1 is 1.27 bits per heavy atom. The topological polar surface area (TPSA) is 63.5 Å². The highest BCUT2D eigenvalue weighted by Gasteiger charge is 2.42. The van der Waals surface area contributed by atoms with Crippen LogP contribution in [0.1, 0.15) is 59.5 Å². The number of benzene rings is 2. The SMILES string of the molecule is Cc1cc(C)c2c(c1)[C@@H](C)CC(C)(C)N2C(=O)c1sc2cc([N+](=O)[O-])ccc2c1Cl. The van der Waals surface area contributed by atoms with Crippen LogP contribution in [-0.4, -0.2) is 16.4 Å². The van der Waals surface area contributed by atoms with Crippen LogP contribution >= 0.6 is 22.9 Å². The van der Waals surface area contributed by atoms with Crippen molar-refractivity contribution in [2.45, 2.75) is 52.5 Å². The number of amides is 1. The summed E-state index contributed by atoms with van der Waals surface area (Å²) in [5.74, 6) is 0.173. The number of anilines is 1. The zero-order valence-corrected chi connectivity index (χ0v) is 19.1. The van der Waals surface area contributed by atoms with Gasteiger partial charge in [0.15, 0.2) is 0 Å². The van der Waals surface area contributed by atoms with Gasteiger partial charge in [0.05, 0.1) is 15.6 Å². The predicted octanol–water partition coefficient (Wildman–Crippen LogP) is 7.01. The number of thiophene rings is 1. The molecule has 1 aromatic heterocycles. The van der Waals surface area contributed by atoms with E-state index in [2.05, 4.69) is 39.8 Å². The van der Waals surface area contributed by atoms with E-state index in [9.17, 15) is 14.9 Å². The summed E-state index contributed by atoms with van der Waals surface area (Å²) in [6.07, 6.45) is 0.836. The zero-order valence-electron chi connectivity index (χ0n) is 17.6. The van der Waals surface area contributed by atoms with Crippen molar-refractivity contribution >= 4 is 50.3 Å². The molecule has 0 bridgehead atoms. The van der Waals surface area contributed by atoms with Gasteiger partial charge in [-0.05, 0) is 57.2 Å². The molecule has 2 heterocycles. The molecule has 0 radical (unpaired) electrons. The molecule has 0 saturated carbocycles. The number of aryl methyl sites for hydroxylation is 2. The first-order chi connectivity index (χ1) is 14.0. The van der Waals surface area contributed by atoms with E-state index in [1.807, 2.05) is 11.8 Å². The van der Waals surface area contributed by atoms with Crippen LogP contribution < -0.4 is 4.90 Å². The average Bonchev–Trinajstić information content (AvgIpc) is 2.98. The van der Waals surface area contributed by atoms with Crippen molar-refractivity contribution in [2.24, 2.45) is 0 Å². The maximum atomic E-state index is 13.8. The molecule has 1 aliphatic rings. The van der Waals surface area contributed by atoms with Crippen LogP contribution in [0.15, 0.2) is 30.3 Å². The van der Waals surface area contributed by atoms with Crippen LogP contribution in [0.4, 0.5) is 11.4 Å². The van der Waals surface area contributed by atoms with Crippen molar-refractivity contribution in [1.82, 2.24) is 0 Å². The first kappa shape index (κ1) is 20.8. The van der Waals surface area contributed by atoms with E-state index in [4.69, 9.17) is 11.6 Å². The van der Waals surface area contributed by atoms with E-state index in [1.165, 1.54) is 34.6 Å². The maximum Gasteiger partial charge on any atom is 0.270 e. The van der Waals surface area contributed by atoms with Crippen LogP contribution in [0.25, 0.3) is 10.1 Å². The van der Waals surface area contributed by atoms with Crippen LogP contribution in [0.5, 0.6) is 0 Å². The summed E-state index contributed by atoms with van der Waals surface area (Å²) in [6, 6.07) is 8.79. The van der Waals surface area contributed by atoms with E-state index in [1.54, 1.807) is 6.07 Å². The third kappa shape index (κ3) is 3.19. The summed E-state index contributed by atoms with van der Waals surface area (Å²) in [6.45, 7) is 10.5. The zero-order chi connectivity index (χ0) is 22.0. The van der Waals surface area contributed by atoms with Crippen molar-refractivity contribution in [3.05, 3.63) is 67.0 Å². The largest absolute Gasteiger partial charge is 0.301 e. The highest BCUT2D eigenvalue weighted by Crippen LogP contribution is 2.47. The molecule has 1 atom stereocenters. The number of nitro groups is 1. The second kappa shape index (κ2) is 7.06. The van der Waals surface area contributed by atoms with E-state index >= 15 is 0 Å². The Morgan fingerprint density at radius 2 is 1.97 bits per heavy atom.